The van der Waals surface area contributed by atoms with Crippen molar-refractivity contribution in [1.82, 2.24) is 14.7 Å². The molecule has 0 radical (unpaired) electrons. The fourth-order valence-electron chi connectivity index (χ4n) is 2.70. The van der Waals surface area contributed by atoms with Crippen molar-refractivity contribution in [3.8, 4) is 0 Å². The lowest BCUT2D eigenvalue weighted by Crippen LogP contribution is -2.40. The van der Waals surface area contributed by atoms with Crippen LogP contribution in [0.4, 0.5) is 10.5 Å². The predicted molar refractivity (Wildman–Crippen MR) is 87.4 cm³/mol. The summed E-state index contributed by atoms with van der Waals surface area (Å²) in [6, 6.07) is 6.88. The molecule has 1 saturated heterocycles. The van der Waals surface area contributed by atoms with Crippen molar-refractivity contribution in [2.24, 2.45) is 0 Å². The summed E-state index contributed by atoms with van der Waals surface area (Å²) in [5.41, 5.74) is 0.531. The number of nitrogens with one attached hydrogen (secondary N) is 1. The molecule has 5 nitrogen and oxygen atoms in total. The fraction of sp³-hybridized carbons (Fsp3) is 0.333. The second kappa shape index (κ2) is 6.58. The molecule has 2 amide bonds. The molecule has 0 unspecified atom stereocenters. The number of urea groups is 1. The molecule has 1 atom stereocenters. The number of amides is 2. The molecule has 2 heterocycles. The van der Waals surface area contributed by atoms with Gasteiger partial charge < -0.3 is 10.2 Å². The first-order valence-corrected chi connectivity index (χ1v) is 7.89. The summed E-state index contributed by atoms with van der Waals surface area (Å²) in [4.78, 5) is 14.3. The van der Waals surface area contributed by atoms with Gasteiger partial charge in [0.25, 0.3) is 0 Å². The zero-order chi connectivity index (χ0) is 15.5. The van der Waals surface area contributed by atoms with Gasteiger partial charge in [0.1, 0.15) is 0 Å². The summed E-state index contributed by atoms with van der Waals surface area (Å²) in [5.74, 6) is 0. The van der Waals surface area contributed by atoms with Crippen molar-refractivity contribution >= 4 is 34.9 Å². The zero-order valence-corrected chi connectivity index (χ0v) is 13.4. The number of aromatic nitrogens is 2. The lowest BCUT2D eigenvalue weighted by atomic mass is 10.2. The number of nitrogens with zero attached hydrogens (tertiary/aromatic N) is 3. The first-order valence-electron chi connectivity index (χ1n) is 7.13. The first kappa shape index (κ1) is 15.2. The van der Waals surface area contributed by atoms with Crippen LogP contribution in [0.1, 0.15) is 12.8 Å². The minimum atomic E-state index is -0.154. The van der Waals surface area contributed by atoms with Gasteiger partial charge in [0.15, 0.2) is 0 Å². The lowest BCUT2D eigenvalue weighted by molar-refractivity contribution is 0.199. The highest BCUT2D eigenvalue weighted by atomic mass is 35.5. The van der Waals surface area contributed by atoms with E-state index in [0.29, 0.717) is 22.3 Å². The van der Waals surface area contributed by atoms with Gasteiger partial charge in [0, 0.05) is 24.0 Å². The molecule has 1 aliphatic heterocycles. The van der Waals surface area contributed by atoms with Crippen LogP contribution in [0, 0.1) is 0 Å². The quantitative estimate of drug-likeness (QED) is 0.922. The molecule has 0 aliphatic carbocycles. The van der Waals surface area contributed by atoms with Gasteiger partial charge >= 0.3 is 6.03 Å². The number of carbonyl (C=O) groups is 1. The molecule has 1 fully saturated rings. The van der Waals surface area contributed by atoms with Crippen LogP contribution >= 0.6 is 23.2 Å². The molecule has 1 aromatic carbocycles. The van der Waals surface area contributed by atoms with E-state index >= 15 is 0 Å². The van der Waals surface area contributed by atoms with E-state index in [-0.39, 0.29) is 12.1 Å². The average Bonchev–Trinajstić information content (AvgIpc) is 3.15. The molecule has 0 saturated carbocycles. The van der Waals surface area contributed by atoms with Gasteiger partial charge in [-0.2, -0.15) is 5.10 Å². The van der Waals surface area contributed by atoms with E-state index in [1.54, 1.807) is 24.4 Å². The van der Waals surface area contributed by atoms with Gasteiger partial charge in [-0.05, 0) is 37.1 Å². The van der Waals surface area contributed by atoms with Crippen molar-refractivity contribution < 1.29 is 4.79 Å². The Balaban J connectivity index is 1.69. The maximum atomic E-state index is 12.5. The molecule has 116 valence electrons. The normalized spacial score (nSPS) is 17.7. The van der Waals surface area contributed by atoms with Gasteiger partial charge in [-0.15, -0.1) is 0 Å². The Bertz CT molecular complexity index is 660. The van der Waals surface area contributed by atoms with Crippen molar-refractivity contribution in [3.63, 3.8) is 0 Å². The maximum Gasteiger partial charge on any atom is 0.322 e. The molecule has 1 N–H and O–H groups in total. The van der Waals surface area contributed by atoms with Crippen LogP contribution in [0.2, 0.25) is 10.0 Å². The van der Waals surface area contributed by atoms with Crippen LogP contribution in [-0.4, -0.2) is 33.3 Å². The van der Waals surface area contributed by atoms with Crippen molar-refractivity contribution in [3.05, 3.63) is 46.7 Å². The van der Waals surface area contributed by atoms with Crippen molar-refractivity contribution in [2.75, 3.05) is 11.9 Å². The Labute approximate surface area is 138 Å². The third-order valence-corrected chi connectivity index (χ3v) is 4.33. The summed E-state index contributed by atoms with van der Waals surface area (Å²) in [6.07, 6.45) is 5.60. The van der Waals surface area contributed by atoms with Crippen LogP contribution in [-0.2, 0) is 6.54 Å². The third-order valence-electron chi connectivity index (χ3n) is 3.77. The van der Waals surface area contributed by atoms with Gasteiger partial charge in [-0.3, -0.25) is 4.68 Å². The Morgan fingerprint density at radius 2 is 2.27 bits per heavy atom. The molecule has 2 aromatic rings. The molecule has 1 aliphatic rings. The molecular weight excluding hydrogens is 323 g/mol. The lowest BCUT2D eigenvalue weighted by Gasteiger charge is -2.25. The Morgan fingerprint density at radius 3 is 3.05 bits per heavy atom. The summed E-state index contributed by atoms with van der Waals surface area (Å²) in [6.45, 7) is 1.43. The highest BCUT2D eigenvalue weighted by Crippen LogP contribution is 2.27. The van der Waals surface area contributed by atoms with E-state index < -0.39 is 0 Å². The van der Waals surface area contributed by atoms with E-state index in [2.05, 4.69) is 10.4 Å². The number of hydrogen-bond acceptors (Lipinski definition) is 2. The highest BCUT2D eigenvalue weighted by Gasteiger charge is 2.29. The summed E-state index contributed by atoms with van der Waals surface area (Å²) in [7, 11) is 0. The minimum Gasteiger partial charge on any atom is -0.320 e. The van der Waals surface area contributed by atoms with Crippen molar-refractivity contribution in [1.29, 1.82) is 0 Å². The summed E-state index contributed by atoms with van der Waals surface area (Å²) < 4.78 is 1.85. The molecular formula is C15H16Cl2N4O. The van der Waals surface area contributed by atoms with Gasteiger partial charge in [0.05, 0.1) is 23.3 Å². The van der Waals surface area contributed by atoms with Gasteiger partial charge in [-0.25, -0.2) is 4.79 Å². The number of halogens is 2. The molecule has 22 heavy (non-hydrogen) atoms. The zero-order valence-electron chi connectivity index (χ0n) is 11.9. The summed E-state index contributed by atoms with van der Waals surface area (Å²) in [5, 5.41) is 8.06. The Morgan fingerprint density at radius 1 is 1.41 bits per heavy atom. The van der Waals surface area contributed by atoms with Crippen LogP contribution in [0.15, 0.2) is 36.7 Å². The van der Waals surface area contributed by atoms with Gasteiger partial charge in [0.2, 0.25) is 0 Å². The number of hydrogen-bond donors (Lipinski definition) is 1. The third kappa shape index (κ3) is 3.36. The minimum absolute atomic E-state index is 0.137. The maximum absolute atomic E-state index is 12.5. The van der Waals surface area contributed by atoms with E-state index in [9.17, 15) is 4.79 Å². The molecule has 1 aromatic heterocycles. The monoisotopic (exact) mass is 338 g/mol. The van der Waals surface area contributed by atoms with E-state index in [1.165, 1.54) is 0 Å². The molecule has 0 bridgehead atoms. The molecule has 3 rings (SSSR count). The SMILES string of the molecule is O=C(Nc1cc(Cl)ccc1Cl)N1CCC[C@@H]1Cn1cccn1. The topological polar surface area (TPSA) is 50.2 Å². The Kier molecular flexibility index (Phi) is 4.55. The number of benzene rings is 1. The first-order chi connectivity index (χ1) is 10.6. The van der Waals surface area contributed by atoms with Crippen LogP contribution < -0.4 is 5.32 Å². The standard InChI is InChI=1S/C15H16Cl2N4O/c16-11-4-5-13(17)14(9-11)19-15(22)21-8-1-3-12(21)10-20-7-2-6-18-20/h2,4-7,9,12H,1,3,8,10H2,(H,19,22)/t12-/m1/s1. The second-order valence-corrected chi connectivity index (χ2v) is 6.12. The predicted octanol–water partition coefficient (Wildman–Crippen LogP) is 3.89. The Hall–Kier alpha value is -1.72. The molecule has 0 spiro atoms. The van der Waals surface area contributed by atoms with Crippen molar-refractivity contribution in [2.45, 2.75) is 25.4 Å². The average molecular weight is 339 g/mol. The number of rotatable bonds is 3. The van der Waals surface area contributed by atoms with E-state index in [0.717, 1.165) is 19.4 Å². The smallest absolute Gasteiger partial charge is 0.320 e. The van der Waals surface area contributed by atoms with E-state index in [4.69, 9.17) is 23.2 Å². The van der Waals surface area contributed by atoms with Crippen LogP contribution in [0.3, 0.4) is 0 Å². The number of likely N-dealkylation sites (tertiary alicyclic amines) is 1. The fourth-order valence-corrected chi connectivity index (χ4v) is 3.03. The second-order valence-electron chi connectivity index (χ2n) is 5.27. The van der Waals surface area contributed by atoms with Crippen LogP contribution in [0.5, 0.6) is 0 Å². The number of carbonyl (C=O) groups excluding carboxylic acids is 1. The van der Waals surface area contributed by atoms with Gasteiger partial charge in [-0.1, -0.05) is 23.2 Å². The highest BCUT2D eigenvalue weighted by molar-refractivity contribution is 6.35. The number of anilines is 1. The summed E-state index contributed by atoms with van der Waals surface area (Å²) >= 11 is 12.0. The molecule has 7 heteroatoms. The van der Waals surface area contributed by atoms with E-state index in [1.807, 2.05) is 21.8 Å². The van der Waals surface area contributed by atoms with Crippen LogP contribution in [0.25, 0.3) is 0 Å². The largest absolute Gasteiger partial charge is 0.322 e.